The number of benzene rings is 1. The Labute approximate surface area is 165 Å². The summed E-state index contributed by atoms with van der Waals surface area (Å²) in [5.41, 5.74) is 2.35. The van der Waals surface area contributed by atoms with Crippen molar-refractivity contribution in [2.24, 2.45) is 0 Å². The summed E-state index contributed by atoms with van der Waals surface area (Å²) in [6, 6.07) is 10.5. The molecule has 0 radical (unpaired) electrons. The molecule has 0 spiro atoms. The van der Waals surface area contributed by atoms with Crippen LogP contribution in [0.2, 0.25) is 0 Å². The molecule has 1 unspecified atom stereocenters. The number of nitrogens with zero attached hydrogens (tertiary/aromatic N) is 4. The van der Waals surface area contributed by atoms with Crippen molar-refractivity contribution >= 4 is 17.4 Å². The molecular weight excluding hydrogens is 358 g/mol. The third-order valence-electron chi connectivity index (χ3n) is 4.97. The number of piperazine rings is 1. The number of likely N-dealkylation sites (N-methyl/N-ethyl adjacent to an activating group) is 1. The van der Waals surface area contributed by atoms with E-state index in [2.05, 4.69) is 37.6 Å². The zero-order valence-electron chi connectivity index (χ0n) is 16.4. The van der Waals surface area contributed by atoms with Gasteiger partial charge in [0.15, 0.2) is 0 Å². The number of nitrogens with one attached hydrogen (secondary N) is 1. The predicted molar refractivity (Wildman–Crippen MR) is 110 cm³/mol. The van der Waals surface area contributed by atoms with Gasteiger partial charge in [0.25, 0.3) is 0 Å². The minimum atomic E-state index is 0.0296. The van der Waals surface area contributed by atoms with E-state index in [4.69, 9.17) is 0 Å². The number of carbonyl (C=O) groups is 1. The number of amides is 2. The van der Waals surface area contributed by atoms with Crippen LogP contribution in [-0.2, 0) is 6.54 Å². The van der Waals surface area contributed by atoms with Gasteiger partial charge in [0.05, 0.1) is 16.7 Å². The molecule has 0 aliphatic carbocycles. The molecule has 146 valence electrons. The van der Waals surface area contributed by atoms with Crippen molar-refractivity contribution in [1.82, 2.24) is 25.0 Å². The van der Waals surface area contributed by atoms with Crippen molar-refractivity contribution in [1.29, 1.82) is 0 Å². The van der Waals surface area contributed by atoms with Gasteiger partial charge >= 0.3 is 6.03 Å². The van der Waals surface area contributed by atoms with Crippen LogP contribution < -0.4 is 5.32 Å². The summed E-state index contributed by atoms with van der Waals surface area (Å²) in [5, 5.41) is 6.35. The van der Waals surface area contributed by atoms with E-state index in [1.165, 1.54) is 5.56 Å². The van der Waals surface area contributed by atoms with Crippen LogP contribution in [0.3, 0.4) is 0 Å². The maximum atomic E-state index is 12.6. The van der Waals surface area contributed by atoms with E-state index >= 15 is 0 Å². The van der Waals surface area contributed by atoms with Crippen molar-refractivity contribution in [3.8, 4) is 0 Å². The summed E-state index contributed by atoms with van der Waals surface area (Å²) in [7, 11) is 4.09. The molecule has 6 nitrogen and oxygen atoms in total. The SMILES string of the molecule is Cc1nc(CN2CCN(C(=O)NCC(c3ccccc3)N(C)C)CC2)cs1. The number of carbonyl (C=O) groups excluding carboxylic acids is 1. The number of hydrogen-bond donors (Lipinski definition) is 1. The van der Waals surface area contributed by atoms with Crippen molar-refractivity contribution in [2.45, 2.75) is 19.5 Å². The molecule has 1 aromatic carbocycles. The molecule has 2 amide bonds. The molecule has 2 heterocycles. The smallest absolute Gasteiger partial charge is 0.317 e. The van der Waals surface area contributed by atoms with Crippen LogP contribution in [0.4, 0.5) is 4.79 Å². The van der Waals surface area contributed by atoms with Crippen LogP contribution in [0.5, 0.6) is 0 Å². The lowest BCUT2D eigenvalue weighted by molar-refractivity contribution is 0.133. The van der Waals surface area contributed by atoms with Gasteiger partial charge < -0.3 is 15.1 Å². The third-order valence-corrected chi connectivity index (χ3v) is 5.79. The van der Waals surface area contributed by atoms with Crippen LogP contribution >= 0.6 is 11.3 Å². The van der Waals surface area contributed by atoms with Gasteiger partial charge in [-0.25, -0.2) is 9.78 Å². The molecule has 0 saturated carbocycles. The first kappa shape index (κ1) is 19.8. The van der Waals surface area contributed by atoms with E-state index in [1.807, 2.05) is 44.1 Å². The fourth-order valence-corrected chi connectivity index (χ4v) is 3.99. The average molecular weight is 388 g/mol. The molecule has 1 N–H and O–H groups in total. The van der Waals surface area contributed by atoms with Gasteiger partial charge in [-0.1, -0.05) is 30.3 Å². The molecule has 2 aromatic rings. The van der Waals surface area contributed by atoms with E-state index in [0.29, 0.717) is 6.54 Å². The number of hydrogen-bond acceptors (Lipinski definition) is 5. The lowest BCUT2D eigenvalue weighted by Crippen LogP contribution is -2.52. The van der Waals surface area contributed by atoms with Crippen molar-refractivity contribution in [3.63, 3.8) is 0 Å². The van der Waals surface area contributed by atoms with E-state index in [-0.39, 0.29) is 12.1 Å². The maximum Gasteiger partial charge on any atom is 0.317 e. The van der Waals surface area contributed by atoms with Crippen LogP contribution in [0.15, 0.2) is 35.7 Å². The molecule has 1 aromatic heterocycles. The van der Waals surface area contributed by atoms with Gasteiger partial charge in [0, 0.05) is 44.6 Å². The fourth-order valence-electron chi connectivity index (χ4n) is 3.39. The van der Waals surface area contributed by atoms with Gasteiger partial charge in [-0.15, -0.1) is 11.3 Å². The highest BCUT2D eigenvalue weighted by Crippen LogP contribution is 2.17. The summed E-state index contributed by atoms with van der Waals surface area (Å²) < 4.78 is 0. The molecule has 1 saturated heterocycles. The largest absolute Gasteiger partial charge is 0.336 e. The summed E-state index contributed by atoms with van der Waals surface area (Å²) in [6.07, 6.45) is 0. The standard InChI is InChI=1S/C20H29N5OS/c1-16-22-18(15-27-16)14-24-9-11-25(12-10-24)20(26)21-13-19(23(2)3)17-7-5-4-6-8-17/h4-8,15,19H,9-14H2,1-3H3,(H,21,26). The maximum absolute atomic E-state index is 12.6. The zero-order chi connectivity index (χ0) is 19.2. The average Bonchev–Trinajstić information content (AvgIpc) is 3.07. The summed E-state index contributed by atoms with van der Waals surface area (Å²) in [5.74, 6) is 0. The number of aryl methyl sites for hydroxylation is 1. The first-order valence-electron chi connectivity index (χ1n) is 9.40. The van der Waals surface area contributed by atoms with Crippen molar-refractivity contribution < 1.29 is 4.79 Å². The minimum absolute atomic E-state index is 0.0296. The number of rotatable bonds is 6. The molecule has 1 fully saturated rings. The van der Waals surface area contributed by atoms with Crippen LogP contribution in [0.1, 0.15) is 22.3 Å². The van der Waals surface area contributed by atoms with Crippen molar-refractivity contribution in [3.05, 3.63) is 52.0 Å². The Kier molecular flexibility index (Phi) is 6.82. The second kappa shape index (κ2) is 9.30. The first-order valence-corrected chi connectivity index (χ1v) is 10.3. The Morgan fingerprint density at radius 2 is 1.93 bits per heavy atom. The molecule has 3 rings (SSSR count). The van der Waals surface area contributed by atoms with Gasteiger partial charge in [-0.05, 0) is 26.6 Å². The van der Waals surface area contributed by atoms with E-state index < -0.39 is 0 Å². The third kappa shape index (κ3) is 5.51. The number of urea groups is 1. The topological polar surface area (TPSA) is 51.7 Å². The number of aromatic nitrogens is 1. The van der Waals surface area contributed by atoms with Crippen LogP contribution in [0.25, 0.3) is 0 Å². The lowest BCUT2D eigenvalue weighted by atomic mass is 10.1. The Morgan fingerprint density at radius 3 is 2.52 bits per heavy atom. The lowest BCUT2D eigenvalue weighted by Gasteiger charge is -2.35. The highest BCUT2D eigenvalue weighted by atomic mass is 32.1. The van der Waals surface area contributed by atoms with Crippen LogP contribution in [-0.4, -0.2) is 72.5 Å². The van der Waals surface area contributed by atoms with Gasteiger partial charge in [-0.3, -0.25) is 4.90 Å². The Bertz CT molecular complexity index is 725. The molecular formula is C20H29N5OS. The molecule has 1 aliphatic rings. The van der Waals surface area contributed by atoms with Gasteiger partial charge in [0.1, 0.15) is 0 Å². The zero-order valence-corrected chi connectivity index (χ0v) is 17.2. The van der Waals surface area contributed by atoms with Crippen LogP contribution in [0, 0.1) is 6.92 Å². The molecule has 7 heteroatoms. The molecule has 1 aliphatic heterocycles. The highest BCUT2D eigenvalue weighted by molar-refractivity contribution is 7.09. The summed E-state index contributed by atoms with van der Waals surface area (Å²) in [4.78, 5) is 23.5. The normalized spacial score (nSPS) is 16.5. The fraction of sp³-hybridized carbons (Fsp3) is 0.500. The Hall–Kier alpha value is -1.96. The Balaban J connectivity index is 1.46. The molecule has 0 bridgehead atoms. The summed E-state index contributed by atoms with van der Waals surface area (Å²) in [6.45, 7) is 6.80. The monoisotopic (exact) mass is 387 g/mol. The molecule has 1 atom stereocenters. The first-order chi connectivity index (χ1) is 13.0. The Morgan fingerprint density at radius 1 is 1.22 bits per heavy atom. The second-order valence-corrected chi connectivity index (χ2v) is 8.26. The van der Waals surface area contributed by atoms with Gasteiger partial charge in [-0.2, -0.15) is 0 Å². The van der Waals surface area contributed by atoms with E-state index in [0.717, 1.165) is 43.4 Å². The van der Waals surface area contributed by atoms with Gasteiger partial charge in [0.2, 0.25) is 0 Å². The summed E-state index contributed by atoms with van der Waals surface area (Å²) >= 11 is 1.69. The van der Waals surface area contributed by atoms with Crippen molar-refractivity contribution in [2.75, 3.05) is 46.8 Å². The molecule has 27 heavy (non-hydrogen) atoms. The van der Waals surface area contributed by atoms with E-state index in [9.17, 15) is 4.79 Å². The quantitative estimate of drug-likeness (QED) is 0.828. The second-order valence-electron chi connectivity index (χ2n) is 7.20. The number of thiazole rings is 1. The highest BCUT2D eigenvalue weighted by Gasteiger charge is 2.23. The van der Waals surface area contributed by atoms with E-state index in [1.54, 1.807) is 11.3 Å². The predicted octanol–water partition coefficient (Wildman–Crippen LogP) is 2.58. The minimum Gasteiger partial charge on any atom is -0.336 e.